The number of nitrogens with one attached hydrogen (secondary N) is 2. The van der Waals surface area contributed by atoms with Crippen molar-refractivity contribution in [3.8, 4) is 0 Å². The topological polar surface area (TPSA) is 66.9 Å². The summed E-state index contributed by atoms with van der Waals surface area (Å²) in [5, 5.41) is 6.64. The van der Waals surface area contributed by atoms with E-state index >= 15 is 0 Å². The number of nitrogens with zero attached hydrogens (tertiary/aromatic N) is 2. The highest BCUT2D eigenvalue weighted by Crippen LogP contribution is 2.37. The number of benzene rings is 2. The van der Waals surface area contributed by atoms with Crippen LogP contribution in [0.25, 0.3) is 0 Å². The largest absolute Gasteiger partial charge is 0.339 e. The van der Waals surface area contributed by atoms with Gasteiger partial charge in [0.05, 0.1) is 11.3 Å². The van der Waals surface area contributed by atoms with Gasteiger partial charge in [-0.05, 0) is 61.1 Å². The molecule has 0 fully saturated rings. The minimum atomic E-state index is -0.111. The maximum atomic E-state index is 12.9. The number of hydrogen-bond acceptors (Lipinski definition) is 5. The van der Waals surface area contributed by atoms with Gasteiger partial charge in [-0.2, -0.15) is 4.98 Å². The van der Waals surface area contributed by atoms with E-state index in [1.54, 1.807) is 0 Å². The summed E-state index contributed by atoms with van der Waals surface area (Å²) in [6.07, 6.45) is 1.23. The van der Waals surface area contributed by atoms with Gasteiger partial charge in [0.25, 0.3) is 0 Å². The standard InChI is InChI=1S/C24H26N4O/c1-15-10-11-18(12-16(15)2)26-23-27-19-13-24(3,4)14-20(29)21(19)22(28-23)25-17-8-6-5-7-9-17/h5-12H,13-14H2,1-4H3,(H2,25,26,27,28). The number of carbonyl (C=O) groups excluding carboxylic acids is 1. The molecule has 0 unspecified atom stereocenters. The number of fused-ring (bicyclic) bond motifs is 1. The van der Waals surface area contributed by atoms with Crippen molar-refractivity contribution in [2.75, 3.05) is 10.6 Å². The average molecular weight is 386 g/mol. The molecule has 0 amide bonds. The third-order valence-electron chi connectivity index (χ3n) is 5.35. The van der Waals surface area contributed by atoms with Crippen LogP contribution in [0.1, 0.15) is 47.4 Å². The molecule has 0 atom stereocenters. The van der Waals surface area contributed by atoms with Gasteiger partial charge < -0.3 is 10.6 Å². The van der Waals surface area contributed by atoms with Crippen LogP contribution in [0.5, 0.6) is 0 Å². The third kappa shape index (κ3) is 4.14. The average Bonchev–Trinajstić information content (AvgIpc) is 2.64. The number of carbonyl (C=O) groups is 1. The molecule has 1 aliphatic carbocycles. The first kappa shape index (κ1) is 19.1. The Hall–Kier alpha value is -3.21. The highest BCUT2D eigenvalue weighted by molar-refractivity contribution is 6.03. The molecule has 4 rings (SSSR count). The number of Topliss-reactive ketones (excluding diaryl/α,β-unsaturated/α-hetero) is 1. The zero-order valence-corrected chi connectivity index (χ0v) is 17.3. The fourth-order valence-electron chi connectivity index (χ4n) is 3.72. The van der Waals surface area contributed by atoms with Crippen molar-refractivity contribution in [3.63, 3.8) is 0 Å². The lowest BCUT2D eigenvalue weighted by atomic mass is 9.75. The molecule has 0 spiro atoms. The van der Waals surface area contributed by atoms with Crippen LogP contribution < -0.4 is 10.6 Å². The first-order chi connectivity index (χ1) is 13.8. The highest BCUT2D eigenvalue weighted by atomic mass is 16.1. The molecule has 148 valence electrons. The predicted octanol–water partition coefficient (Wildman–Crippen LogP) is 5.74. The minimum absolute atomic E-state index is 0.0902. The smallest absolute Gasteiger partial charge is 0.229 e. The maximum Gasteiger partial charge on any atom is 0.229 e. The molecule has 3 aromatic rings. The van der Waals surface area contributed by atoms with E-state index in [4.69, 9.17) is 4.98 Å². The van der Waals surface area contributed by atoms with Crippen LogP contribution in [0.3, 0.4) is 0 Å². The molecule has 0 saturated carbocycles. The number of rotatable bonds is 4. The van der Waals surface area contributed by atoms with Crippen LogP contribution >= 0.6 is 0 Å². The summed E-state index contributed by atoms with van der Waals surface area (Å²) in [4.78, 5) is 22.3. The molecule has 29 heavy (non-hydrogen) atoms. The van der Waals surface area contributed by atoms with E-state index in [1.807, 2.05) is 36.4 Å². The summed E-state index contributed by atoms with van der Waals surface area (Å²) >= 11 is 0. The Bertz CT molecular complexity index is 1070. The molecule has 0 aliphatic heterocycles. The lowest BCUT2D eigenvalue weighted by molar-refractivity contribution is 0.0911. The van der Waals surface area contributed by atoms with Crippen molar-refractivity contribution >= 4 is 28.9 Å². The lowest BCUT2D eigenvalue weighted by Gasteiger charge is -2.30. The summed E-state index contributed by atoms with van der Waals surface area (Å²) in [7, 11) is 0. The Labute approximate surface area is 171 Å². The second-order valence-electron chi connectivity index (χ2n) is 8.57. The van der Waals surface area contributed by atoms with E-state index < -0.39 is 0 Å². The minimum Gasteiger partial charge on any atom is -0.339 e. The van der Waals surface area contributed by atoms with E-state index in [0.717, 1.165) is 23.5 Å². The van der Waals surface area contributed by atoms with Gasteiger partial charge in [0.1, 0.15) is 5.82 Å². The van der Waals surface area contributed by atoms with E-state index in [-0.39, 0.29) is 11.2 Å². The van der Waals surface area contributed by atoms with Crippen LogP contribution in [0, 0.1) is 19.3 Å². The highest BCUT2D eigenvalue weighted by Gasteiger charge is 2.35. The molecule has 5 nitrogen and oxygen atoms in total. The molecule has 2 N–H and O–H groups in total. The van der Waals surface area contributed by atoms with Gasteiger partial charge >= 0.3 is 0 Å². The molecule has 5 heteroatoms. The molecule has 0 radical (unpaired) electrons. The molecular formula is C24H26N4O. The van der Waals surface area contributed by atoms with Gasteiger partial charge in [-0.1, -0.05) is 38.1 Å². The number of aryl methyl sites for hydroxylation is 2. The second-order valence-corrected chi connectivity index (χ2v) is 8.57. The fourth-order valence-corrected chi connectivity index (χ4v) is 3.72. The first-order valence-corrected chi connectivity index (χ1v) is 9.91. The van der Waals surface area contributed by atoms with Crippen molar-refractivity contribution in [2.45, 2.75) is 40.5 Å². The Balaban J connectivity index is 1.77. The number of ketones is 1. The van der Waals surface area contributed by atoms with E-state index in [1.165, 1.54) is 11.1 Å². The van der Waals surface area contributed by atoms with Crippen molar-refractivity contribution < 1.29 is 4.79 Å². The first-order valence-electron chi connectivity index (χ1n) is 9.91. The fraction of sp³-hybridized carbons (Fsp3) is 0.292. The Morgan fingerprint density at radius 2 is 1.62 bits per heavy atom. The van der Waals surface area contributed by atoms with Crippen LogP contribution in [-0.4, -0.2) is 15.8 Å². The lowest BCUT2D eigenvalue weighted by Crippen LogP contribution is -2.29. The van der Waals surface area contributed by atoms with Gasteiger partial charge in [0.15, 0.2) is 5.78 Å². The van der Waals surface area contributed by atoms with Crippen LogP contribution in [0.4, 0.5) is 23.1 Å². The number of anilines is 4. The number of aromatic nitrogens is 2. The molecule has 2 aromatic carbocycles. The summed E-state index contributed by atoms with van der Waals surface area (Å²) < 4.78 is 0. The van der Waals surface area contributed by atoms with Gasteiger partial charge in [-0.25, -0.2) is 4.98 Å². The normalized spacial score (nSPS) is 15.0. The van der Waals surface area contributed by atoms with E-state index in [9.17, 15) is 4.79 Å². The molecule has 0 bridgehead atoms. The van der Waals surface area contributed by atoms with Gasteiger partial charge in [-0.15, -0.1) is 0 Å². The molecule has 1 aromatic heterocycles. The van der Waals surface area contributed by atoms with Gasteiger partial charge in [0, 0.05) is 17.8 Å². The predicted molar refractivity (Wildman–Crippen MR) is 117 cm³/mol. The van der Waals surface area contributed by atoms with Gasteiger partial charge in [-0.3, -0.25) is 4.79 Å². The van der Waals surface area contributed by atoms with Crippen molar-refractivity contribution in [3.05, 3.63) is 70.9 Å². The number of hydrogen-bond donors (Lipinski definition) is 2. The zero-order valence-electron chi connectivity index (χ0n) is 17.3. The Kier molecular flexibility index (Phi) is 4.82. The van der Waals surface area contributed by atoms with Crippen molar-refractivity contribution in [1.82, 2.24) is 9.97 Å². The Morgan fingerprint density at radius 1 is 0.862 bits per heavy atom. The number of para-hydroxylation sites is 1. The van der Waals surface area contributed by atoms with Crippen molar-refractivity contribution in [1.29, 1.82) is 0 Å². The molecule has 1 heterocycles. The van der Waals surface area contributed by atoms with E-state index in [2.05, 4.69) is 55.4 Å². The van der Waals surface area contributed by atoms with E-state index in [0.29, 0.717) is 23.8 Å². The SMILES string of the molecule is Cc1ccc(Nc2nc3c(c(Nc4ccccc4)n2)C(=O)CC(C)(C)C3)cc1C. The maximum absolute atomic E-state index is 12.9. The quantitative estimate of drug-likeness (QED) is 0.599. The third-order valence-corrected chi connectivity index (χ3v) is 5.35. The molecule has 0 saturated heterocycles. The monoisotopic (exact) mass is 386 g/mol. The Morgan fingerprint density at radius 3 is 2.34 bits per heavy atom. The van der Waals surface area contributed by atoms with Gasteiger partial charge in [0.2, 0.25) is 5.95 Å². The second kappa shape index (κ2) is 7.32. The van der Waals surface area contributed by atoms with Crippen LogP contribution in [-0.2, 0) is 6.42 Å². The summed E-state index contributed by atoms with van der Waals surface area (Å²) in [5.74, 6) is 1.15. The summed E-state index contributed by atoms with van der Waals surface area (Å²) in [5.41, 5.74) is 5.56. The van der Waals surface area contributed by atoms with Crippen molar-refractivity contribution in [2.24, 2.45) is 5.41 Å². The zero-order chi connectivity index (χ0) is 20.6. The van der Waals surface area contributed by atoms with Crippen LogP contribution in [0.2, 0.25) is 0 Å². The summed E-state index contributed by atoms with van der Waals surface area (Å²) in [6, 6.07) is 16.0. The summed E-state index contributed by atoms with van der Waals surface area (Å²) in [6.45, 7) is 8.38. The molecular weight excluding hydrogens is 360 g/mol. The van der Waals surface area contributed by atoms with Crippen LogP contribution in [0.15, 0.2) is 48.5 Å². The molecule has 1 aliphatic rings.